The van der Waals surface area contributed by atoms with Crippen LogP contribution in [-0.2, 0) is 5.92 Å². The number of hydrogen-bond acceptors (Lipinski definition) is 3. The third-order valence-corrected chi connectivity index (χ3v) is 3.78. The van der Waals surface area contributed by atoms with Crippen molar-refractivity contribution in [2.24, 2.45) is 0 Å². The van der Waals surface area contributed by atoms with Crippen LogP contribution in [-0.4, -0.2) is 19.4 Å². The average molecular weight is 269 g/mol. The van der Waals surface area contributed by atoms with Gasteiger partial charge in [-0.1, -0.05) is 0 Å². The van der Waals surface area contributed by atoms with Crippen LogP contribution < -0.4 is 14.8 Å². The number of fused-ring (bicyclic) bond motifs is 1. The minimum Gasteiger partial charge on any atom is -0.454 e. The van der Waals surface area contributed by atoms with Gasteiger partial charge in [0.15, 0.2) is 11.5 Å². The molecule has 1 aromatic carbocycles. The Bertz CT molecular complexity index is 485. The normalized spacial score (nSPS) is 21.9. The standard InChI is InChI=1S/C14H17F2NO2/c1-9-5-12-13(19-8-18-12)6-11(9)14(15,16)7-10-3-2-4-17-10/h5-6,10,17H,2-4,7-8H2,1H3. The van der Waals surface area contributed by atoms with Gasteiger partial charge >= 0.3 is 0 Å². The number of alkyl halides is 2. The molecule has 2 aliphatic rings. The third kappa shape index (κ3) is 2.39. The van der Waals surface area contributed by atoms with Gasteiger partial charge in [0.2, 0.25) is 6.79 Å². The van der Waals surface area contributed by atoms with Crippen LogP contribution in [0.1, 0.15) is 30.4 Å². The Morgan fingerprint density at radius 2 is 2.05 bits per heavy atom. The SMILES string of the molecule is Cc1cc2c(cc1C(F)(F)CC1CCCN1)OCO2. The van der Waals surface area contributed by atoms with Crippen LogP contribution in [0.4, 0.5) is 8.78 Å². The molecule has 2 heterocycles. The van der Waals surface area contributed by atoms with E-state index in [0.29, 0.717) is 17.1 Å². The van der Waals surface area contributed by atoms with Crippen molar-refractivity contribution in [1.82, 2.24) is 5.32 Å². The van der Waals surface area contributed by atoms with Crippen LogP contribution in [0.3, 0.4) is 0 Å². The first-order valence-corrected chi connectivity index (χ1v) is 6.58. The lowest BCUT2D eigenvalue weighted by molar-refractivity contribution is -0.0220. The van der Waals surface area contributed by atoms with Crippen molar-refractivity contribution in [1.29, 1.82) is 0 Å². The fourth-order valence-electron chi connectivity index (χ4n) is 2.79. The summed E-state index contributed by atoms with van der Waals surface area (Å²) in [5.74, 6) is -1.87. The molecular formula is C14H17F2NO2. The number of halogens is 2. The van der Waals surface area contributed by atoms with Crippen LogP contribution in [0, 0.1) is 6.92 Å². The summed E-state index contributed by atoms with van der Waals surface area (Å²) in [5.41, 5.74) is 0.595. The van der Waals surface area contributed by atoms with Crippen molar-refractivity contribution in [2.45, 2.75) is 38.2 Å². The molecule has 104 valence electrons. The molecule has 0 radical (unpaired) electrons. The molecular weight excluding hydrogens is 252 g/mol. The van der Waals surface area contributed by atoms with Gasteiger partial charge in [-0.2, -0.15) is 0 Å². The zero-order valence-electron chi connectivity index (χ0n) is 10.8. The van der Waals surface area contributed by atoms with Crippen molar-refractivity contribution >= 4 is 0 Å². The molecule has 1 unspecified atom stereocenters. The lowest BCUT2D eigenvalue weighted by Gasteiger charge is -2.22. The molecule has 19 heavy (non-hydrogen) atoms. The smallest absolute Gasteiger partial charge is 0.275 e. The first kappa shape index (κ1) is 12.7. The highest BCUT2D eigenvalue weighted by Gasteiger charge is 2.38. The van der Waals surface area contributed by atoms with Gasteiger partial charge in [-0.3, -0.25) is 0 Å². The van der Waals surface area contributed by atoms with E-state index in [-0.39, 0.29) is 24.8 Å². The first-order valence-electron chi connectivity index (χ1n) is 6.58. The monoisotopic (exact) mass is 269 g/mol. The fraction of sp³-hybridized carbons (Fsp3) is 0.571. The van der Waals surface area contributed by atoms with Gasteiger partial charge in [-0.25, -0.2) is 8.78 Å². The lowest BCUT2D eigenvalue weighted by Crippen LogP contribution is -2.29. The van der Waals surface area contributed by atoms with Crippen LogP contribution >= 0.6 is 0 Å². The van der Waals surface area contributed by atoms with E-state index in [1.807, 2.05) is 0 Å². The van der Waals surface area contributed by atoms with Crippen molar-refractivity contribution in [3.8, 4) is 11.5 Å². The Labute approximate surface area is 110 Å². The minimum absolute atomic E-state index is 0.0467. The molecule has 1 fully saturated rings. The average Bonchev–Trinajstić information content (AvgIpc) is 2.97. The van der Waals surface area contributed by atoms with Gasteiger partial charge in [-0.15, -0.1) is 0 Å². The zero-order chi connectivity index (χ0) is 13.5. The third-order valence-electron chi connectivity index (χ3n) is 3.78. The first-order chi connectivity index (χ1) is 9.06. The second-order valence-corrected chi connectivity index (χ2v) is 5.22. The zero-order valence-corrected chi connectivity index (χ0v) is 10.8. The number of benzene rings is 1. The Kier molecular flexibility index (Phi) is 3.09. The Hall–Kier alpha value is -1.36. The molecule has 1 aromatic rings. The molecule has 0 aromatic heterocycles. The second-order valence-electron chi connectivity index (χ2n) is 5.22. The summed E-state index contributed by atoms with van der Waals surface area (Å²) in [7, 11) is 0. The minimum atomic E-state index is -2.84. The summed E-state index contributed by atoms with van der Waals surface area (Å²) < 4.78 is 39.2. The molecule has 3 nitrogen and oxygen atoms in total. The largest absolute Gasteiger partial charge is 0.454 e. The van der Waals surface area contributed by atoms with Crippen LogP contribution in [0.5, 0.6) is 11.5 Å². The quantitative estimate of drug-likeness (QED) is 0.915. The summed E-state index contributed by atoms with van der Waals surface area (Å²) in [6, 6.07) is 2.96. The Morgan fingerprint density at radius 3 is 2.74 bits per heavy atom. The summed E-state index contributed by atoms with van der Waals surface area (Å²) in [6.07, 6.45) is 1.63. The van der Waals surface area contributed by atoms with E-state index < -0.39 is 5.92 Å². The van der Waals surface area contributed by atoms with Crippen LogP contribution in [0.25, 0.3) is 0 Å². The highest BCUT2D eigenvalue weighted by Crippen LogP contribution is 2.42. The van der Waals surface area contributed by atoms with Gasteiger partial charge in [0.05, 0.1) is 0 Å². The molecule has 5 heteroatoms. The van der Waals surface area contributed by atoms with Crippen molar-refractivity contribution in [3.63, 3.8) is 0 Å². The van der Waals surface area contributed by atoms with E-state index >= 15 is 0 Å². The predicted molar refractivity (Wildman–Crippen MR) is 66.8 cm³/mol. The second kappa shape index (κ2) is 4.63. The Balaban J connectivity index is 1.87. The van der Waals surface area contributed by atoms with E-state index in [2.05, 4.69) is 5.32 Å². The molecule has 2 aliphatic heterocycles. The van der Waals surface area contributed by atoms with Gasteiger partial charge in [0.1, 0.15) is 0 Å². The molecule has 0 bridgehead atoms. The molecule has 1 saturated heterocycles. The maximum absolute atomic E-state index is 14.4. The summed E-state index contributed by atoms with van der Waals surface area (Å²) in [5, 5.41) is 3.12. The van der Waals surface area contributed by atoms with Crippen molar-refractivity contribution in [3.05, 3.63) is 23.3 Å². The fourth-order valence-corrected chi connectivity index (χ4v) is 2.79. The van der Waals surface area contributed by atoms with E-state index in [1.54, 1.807) is 13.0 Å². The molecule has 3 rings (SSSR count). The number of nitrogens with one attached hydrogen (secondary N) is 1. The number of hydrogen-bond donors (Lipinski definition) is 1. The summed E-state index contributed by atoms with van der Waals surface area (Å²) in [4.78, 5) is 0. The topological polar surface area (TPSA) is 30.5 Å². The van der Waals surface area contributed by atoms with Crippen molar-refractivity contribution < 1.29 is 18.3 Å². The maximum Gasteiger partial charge on any atom is 0.275 e. The number of ether oxygens (including phenoxy) is 2. The number of aryl methyl sites for hydroxylation is 1. The molecule has 0 spiro atoms. The van der Waals surface area contributed by atoms with Gasteiger partial charge in [0, 0.05) is 18.0 Å². The highest BCUT2D eigenvalue weighted by molar-refractivity contribution is 5.49. The number of rotatable bonds is 3. The van der Waals surface area contributed by atoms with Crippen LogP contribution in [0.2, 0.25) is 0 Å². The van der Waals surface area contributed by atoms with Crippen LogP contribution in [0.15, 0.2) is 12.1 Å². The Morgan fingerprint density at radius 1 is 1.32 bits per heavy atom. The molecule has 0 aliphatic carbocycles. The lowest BCUT2D eigenvalue weighted by atomic mass is 9.95. The van der Waals surface area contributed by atoms with Crippen molar-refractivity contribution in [2.75, 3.05) is 13.3 Å². The van der Waals surface area contributed by atoms with Gasteiger partial charge in [0.25, 0.3) is 5.92 Å². The molecule has 0 amide bonds. The van der Waals surface area contributed by atoms with Gasteiger partial charge in [-0.05, 0) is 44.0 Å². The molecule has 0 saturated carbocycles. The summed E-state index contributed by atoms with van der Waals surface area (Å²) in [6.45, 7) is 2.63. The molecule has 1 atom stereocenters. The maximum atomic E-state index is 14.4. The molecule has 1 N–H and O–H groups in total. The van der Waals surface area contributed by atoms with E-state index in [4.69, 9.17) is 9.47 Å². The van der Waals surface area contributed by atoms with E-state index in [0.717, 1.165) is 19.4 Å². The van der Waals surface area contributed by atoms with E-state index in [1.165, 1.54) is 6.07 Å². The predicted octanol–water partition coefficient (Wildman–Crippen LogP) is 2.96. The highest BCUT2D eigenvalue weighted by atomic mass is 19.3. The van der Waals surface area contributed by atoms with E-state index in [9.17, 15) is 8.78 Å². The summed E-state index contributed by atoms with van der Waals surface area (Å²) >= 11 is 0. The van der Waals surface area contributed by atoms with Gasteiger partial charge < -0.3 is 14.8 Å².